The Balaban J connectivity index is 1.50. The van der Waals surface area contributed by atoms with Crippen LogP contribution in [0.5, 0.6) is 11.5 Å². The topological polar surface area (TPSA) is 76.7 Å². The van der Waals surface area contributed by atoms with Crippen LogP contribution in [0.25, 0.3) is 0 Å². The molecule has 6 nitrogen and oxygen atoms in total. The number of benzene rings is 2. The van der Waals surface area contributed by atoms with E-state index in [2.05, 4.69) is 10.6 Å². The monoisotopic (exact) mass is 400 g/mol. The number of fused-ring (bicyclic) bond motifs is 1. The molecule has 2 amide bonds. The highest BCUT2D eigenvalue weighted by atomic mass is 32.2. The quantitative estimate of drug-likeness (QED) is 0.741. The minimum absolute atomic E-state index is 0.00665. The van der Waals surface area contributed by atoms with Crippen LogP contribution in [-0.2, 0) is 16.0 Å². The Bertz CT molecular complexity index is 856. The summed E-state index contributed by atoms with van der Waals surface area (Å²) in [6.45, 7) is 0. The average Bonchev–Trinajstić information content (AvgIpc) is 2.87. The second-order valence-electron chi connectivity index (χ2n) is 6.41. The second-order valence-corrected chi connectivity index (χ2v) is 7.72. The molecule has 0 aliphatic carbocycles. The molecule has 0 saturated carbocycles. The molecule has 28 heavy (non-hydrogen) atoms. The van der Waals surface area contributed by atoms with Gasteiger partial charge in [0.15, 0.2) is 0 Å². The van der Waals surface area contributed by atoms with E-state index in [0.717, 1.165) is 24.1 Å². The van der Waals surface area contributed by atoms with Gasteiger partial charge in [-0.25, -0.2) is 0 Å². The summed E-state index contributed by atoms with van der Waals surface area (Å²) in [5.41, 5.74) is 2.64. The predicted octanol–water partition coefficient (Wildman–Crippen LogP) is 3.72. The fourth-order valence-electron chi connectivity index (χ4n) is 3.06. The van der Waals surface area contributed by atoms with E-state index in [9.17, 15) is 9.59 Å². The number of thioether (sulfide) groups is 1. The van der Waals surface area contributed by atoms with Crippen molar-refractivity contribution < 1.29 is 19.1 Å². The summed E-state index contributed by atoms with van der Waals surface area (Å²) in [7, 11) is 3.12. The standard InChI is InChI=1S/C21H24N2O4S/c1-26-15-8-9-17(18(13-15)27-2)22-20(24)11-12-28-19-10-7-14-5-3-4-6-16(14)23-21(19)25/h3-6,8-9,13,19H,7,10-12H2,1-2H3,(H,22,24)(H,23,25)/t19-/m0/s1. The molecular formula is C21H24N2O4S. The van der Waals surface area contributed by atoms with E-state index in [1.54, 1.807) is 32.4 Å². The van der Waals surface area contributed by atoms with Gasteiger partial charge in [-0.05, 0) is 36.6 Å². The van der Waals surface area contributed by atoms with Gasteiger partial charge in [0.25, 0.3) is 0 Å². The van der Waals surface area contributed by atoms with E-state index in [1.807, 2.05) is 24.3 Å². The molecule has 1 heterocycles. The van der Waals surface area contributed by atoms with Gasteiger partial charge in [-0.1, -0.05) is 18.2 Å². The van der Waals surface area contributed by atoms with Crippen molar-refractivity contribution >= 4 is 35.0 Å². The average molecular weight is 401 g/mol. The highest BCUT2D eigenvalue weighted by molar-refractivity contribution is 8.00. The largest absolute Gasteiger partial charge is 0.497 e. The number of nitrogens with one attached hydrogen (secondary N) is 2. The van der Waals surface area contributed by atoms with Crippen molar-refractivity contribution in [2.24, 2.45) is 0 Å². The van der Waals surface area contributed by atoms with E-state index in [0.29, 0.717) is 29.4 Å². The van der Waals surface area contributed by atoms with E-state index in [-0.39, 0.29) is 17.1 Å². The van der Waals surface area contributed by atoms with Crippen LogP contribution < -0.4 is 20.1 Å². The van der Waals surface area contributed by atoms with Gasteiger partial charge in [0.2, 0.25) is 11.8 Å². The number of carbonyl (C=O) groups is 2. The van der Waals surface area contributed by atoms with Crippen LogP contribution in [-0.4, -0.2) is 37.0 Å². The predicted molar refractivity (Wildman–Crippen MR) is 112 cm³/mol. The third-order valence-corrected chi connectivity index (χ3v) is 5.87. The summed E-state index contributed by atoms with van der Waals surface area (Å²) >= 11 is 1.52. The summed E-state index contributed by atoms with van der Waals surface area (Å²) in [4.78, 5) is 24.7. The molecule has 0 fully saturated rings. The summed E-state index contributed by atoms with van der Waals surface area (Å²) < 4.78 is 10.5. The number of hydrogen-bond acceptors (Lipinski definition) is 5. The molecule has 7 heteroatoms. The van der Waals surface area contributed by atoms with Gasteiger partial charge in [-0.3, -0.25) is 9.59 Å². The Labute approximate surface area is 169 Å². The molecule has 3 rings (SSSR count). The Kier molecular flexibility index (Phi) is 6.81. The summed E-state index contributed by atoms with van der Waals surface area (Å²) in [6, 6.07) is 13.1. The second kappa shape index (κ2) is 9.50. The lowest BCUT2D eigenvalue weighted by atomic mass is 10.1. The van der Waals surface area contributed by atoms with Crippen LogP contribution in [0, 0.1) is 0 Å². The van der Waals surface area contributed by atoms with Crippen LogP contribution in [0.2, 0.25) is 0 Å². The maximum Gasteiger partial charge on any atom is 0.237 e. The molecule has 1 atom stereocenters. The SMILES string of the molecule is COc1ccc(NC(=O)CCS[C@H]2CCc3ccccc3NC2=O)c(OC)c1. The zero-order valence-electron chi connectivity index (χ0n) is 16.0. The number of amides is 2. The summed E-state index contributed by atoms with van der Waals surface area (Å²) in [6.07, 6.45) is 1.93. The van der Waals surface area contributed by atoms with E-state index in [4.69, 9.17) is 9.47 Å². The van der Waals surface area contributed by atoms with Crippen LogP contribution >= 0.6 is 11.8 Å². The molecule has 0 saturated heterocycles. The molecule has 0 spiro atoms. The van der Waals surface area contributed by atoms with Gasteiger partial charge in [-0.2, -0.15) is 0 Å². The van der Waals surface area contributed by atoms with Gasteiger partial charge in [0, 0.05) is 23.9 Å². The molecular weight excluding hydrogens is 376 g/mol. The lowest BCUT2D eigenvalue weighted by molar-refractivity contribution is -0.116. The number of hydrogen-bond donors (Lipinski definition) is 2. The Morgan fingerprint density at radius 2 is 2.04 bits per heavy atom. The van der Waals surface area contributed by atoms with Gasteiger partial charge >= 0.3 is 0 Å². The van der Waals surface area contributed by atoms with Crippen molar-refractivity contribution in [1.82, 2.24) is 0 Å². The summed E-state index contributed by atoms with van der Waals surface area (Å²) in [5, 5.41) is 5.69. The molecule has 2 aromatic carbocycles. The minimum Gasteiger partial charge on any atom is -0.497 e. The van der Waals surface area contributed by atoms with Crippen LogP contribution in [0.4, 0.5) is 11.4 Å². The number of para-hydroxylation sites is 1. The highest BCUT2D eigenvalue weighted by Crippen LogP contribution is 2.30. The van der Waals surface area contributed by atoms with E-state index >= 15 is 0 Å². The van der Waals surface area contributed by atoms with Gasteiger partial charge in [-0.15, -0.1) is 11.8 Å². The fraction of sp³-hybridized carbons (Fsp3) is 0.333. The highest BCUT2D eigenvalue weighted by Gasteiger charge is 2.23. The third-order valence-electron chi connectivity index (χ3n) is 4.57. The lowest BCUT2D eigenvalue weighted by Gasteiger charge is -2.14. The fourth-order valence-corrected chi connectivity index (χ4v) is 4.14. The van der Waals surface area contributed by atoms with Gasteiger partial charge in [0.05, 0.1) is 25.2 Å². The third kappa shape index (κ3) is 4.98. The minimum atomic E-state index is -0.157. The van der Waals surface area contributed by atoms with Crippen LogP contribution in [0.3, 0.4) is 0 Å². The van der Waals surface area contributed by atoms with E-state index < -0.39 is 0 Å². The first-order valence-corrected chi connectivity index (χ1v) is 10.2. The van der Waals surface area contributed by atoms with Crippen molar-refractivity contribution in [3.8, 4) is 11.5 Å². The molecule has 0 unspecified atom stereocenters. The van der Waals surface area contributed by atoms with Crippen molar-refractivity contribution in [1.29, 1.82) is 0 Å². The Morgan fingerprint density at radius 1 is 1.21 bits per heavy atom. The first kappa shape index (κ1) is 20.1. The zero-order valence-corrected chi connectivity index (χ0v) is 16.8. The molecule has 1 aliphatic heterocycles. The number of rotatable bonds is 7. The van der Waals surface area contributed by atoms with Crippen molar-refractivity contribution in [3.63, 3.8) is 0 Å². The smallest absolute Gasteiger partial charge is 0.237 e. The molecule has 2 N–H and O–H groups in total. The maximum atomic E-state index is 12.4. The molecule has 148 valence electrons. The van der Waals surface area contributed by atoms with Crippen molar-refractivity contribution in [2.75, 3.05) is 30.6 Å². The molecule has 0 bridgehead atoms. The number of aryl methyl sites for hydroxylation is 1. The lowest BCUT2D eigenvalue weighted by Crippen LogP contribution is -2.24. The molecule has 2 aromatic rings. The normalized spacial score (nSPS) is 15.8. The maximum absolute atomic E-state index is 12.4. The van der Waals surface area contributed by atoms with Gasteiger partial charge < -0.3 is 20.1 Å². The number of ether oxygens (including phenoxy) is 2. The first-order chi connectivity index (χ1) is 13.6. The number of methoxy groups -OCH3 is 2. The Hall–Kier alpha value is -2.67. The van der Waals surface area contributed by atoms with Crippen LogP contribution in [0.1, 0.15) is 18.4 Å². The van der Waals surface area contributed by atoms with Gasteiger partial charge in [0.1, 0.15) is 11.5 Å². The Morgan fingerprint density at radius 3 is 2.82 bits per heavy atom. The van der Waals surface area contributed by atoms with E-state index in [1.165, 1.54) is 11.8 Å². The zero-order chi connectivity index (χ0) is 19.9. The molecule has 1 aliphatic rings. The first-order valence-electron chi connectivity index (χ1n) is 9.13. The summed E-state index contributed by atoms with van der Waals surface area (Å²) in [5.74, 6) is 1.66. The number of carbonyl (C=O) groups excluding carboxylic acids is 2. The molecule has 0 radical (unpaired) electrons. The van der Waals surface area contributed by atoms with Crippen molar-refractivity contribution in [3.05, 3.63) is 48.0 Å². The molecule has 0 aromatic heterocycles. The van der Waals surface area contributed by atoms with Crippen molar-refractivity contribution in [2.45, 2.75) is 24.5 Å². The van der Waals surface area contributed by atoms with Crippen LogP contribution in [0.15, 0.2) is 42.5 Å². The number of anilines is 2.